The minimum absolute atomic E-state index is 0.0378. The molecule has 1 aliphatic heterocycles. The van der Waals surface area contributed by atoms with Crippen molar-refractivity contribution >= 4 is 11.7 Å². The second kappa shape index (κ2) is 7.47. The fourth-order valence-corrected chi connectivity index (χ4v) is 4.28. The van der Waals surface area contributed by atoms with Crippen LogP contribution in [0.4, 0.5) is 5.82 Å². The first kappa shape index (κ1) is 19.2. The maximum Gasteiger partial charge on any atom is 0.252 e. The van der Waals surface area contributed by atoms with Crippen LogP contribution in [0.15, 0.2) is 60.7 Å². The molecule has 0 saturated carbocycles. The molecule has 0 radical (unpaired) electrons. The summed E-state index contributed by atoms with van der Waals surface area (Å²) >= 11 is 0. The number of nitrogens with zero attached hydrogens (tertiary/aromatic N) is 4. The van der Waals surface area contributed by atoms with Gasteiger partial charge in [-0.3, -0.25) is 4.79 Å². The summed E-state index contributed by atoms with van der Waals surface area (Å²) in [6.45, 7) is 5.93. The van der Waals surface area contributed by atoms with Crippen LogP contribution in [0, 0.1) is 20.8 Å². The van der Waals surface area contributed by atoms with Crippen LogP contribution in [0.1, 0.15) is 40.4 Å². The Morgan fingerprint density at radius 2 is 1.68 bits per heavy atom. The number of anilines is 1. The molecule has 0 spiro atoms. The van der Waals surface area contributed by atoms with Crippen LogP contribution in [0.5, 0.6) is 0 Å². The van der Waals surface area contributed by atoms with Crippen LogP contribution in [0.3, 0.4) is 0 Å². The van der Waals surface area contributed by atoms with Gasteiger partial charge in [0.1, 0.15) is 5.82 Å². The first-order valence-corrected chi connectivity index (χ1v) is 10.4. The van der Waals surface area contributed by atoms with E-state index in [0.717, 1.165) is 39.3 Å². The van der Waals surface area contributed by atoms with Crippen LogP contribution >= 0.6 is 0 Å². The van der Waals surface area contributed by atoms with Gasteiger partial charge in [0.2, 0.25) is 5.91 Å². The summed E-state index contributed by atoms with van der Waals surface area (Å²) in [6, 6.07) is 20.3. The average molecular weight is 409 g/mol. The molecule has 1 amide bonds. The predicted octanol–water partition coefficient (Wildman–Crippen LogP) is 4.73. The van der Waals surface area contributed by atoms with Crippen molar-refractivity contribution in [3.8, 4) is 17.2 Å². The molecule has 6 heteroatoms. The predicted molar refractivity (Wildman–Crippen MR) is 120 cm³/mol. The van der Waals surface area contributed by atoms with Crippen molar-refractivity contribution in [2.45, 2.75) is 33.1 Å². The van der Waals surface area contributed by atoms with E-state index in [1.807, 2.05) is 56.3 Å². The second-order valence-corrected chi connectivity index (χ2v) is 8.06. The van der Waals surface area contributed by atoms with Crippen molar-refractivity contribution in [2.75, 3.05) is 5.32 Å². The lowest BCUT2D eigenvalue weighted by Crippen LogP contribution is -2.25. The van der Waals surface area contributed by atoms with Gasteiger partial charge in [0.15, 0.2) is 0 Å². The molecule has 4 aromatic rings. The number of nitrogens with one attached hydrogen (secondary N) is 1. The van der Waals surface area contributed by atoms with Gasteiger partial charge in [-0.2, -0.15) is 9.78 Å². The third-order valence-electron chi connectivity index (χ3n) is 5.57. The van der Waals surface area contributed by atoms with E-state index in [4.69, 9.17) is 5.10 Å². The standard InChI is InChI=1S/C25H23N5O/c1-15-8-7-11-19(12-15)20-14-21(31)28-24-22(20)23(18-9-5-4-6-10-18)29-30(24)25-26-16(2)13-17(3)27-25/h4-13,20H,14H2,1-3H3,(H,28,31)/t20-/m0/s1. The Morgan fingerprint density at radius 3 is 2.39 bits per heavy atom. The fourth-order valence-electron chi connectivity index (χ4n) is 4.28. The van der Waals surface area contributed by atoms with Crippen LogP contribution in [0.2, 0.25) is 0 Å². The molecule has 2 aromatic carbocycles. The fraction of sp³-hybridized carbons (Fsp3) is 0.200. The quantitative estimate of drug-likeness (QED) is 0.531. The first-order valence-electron chi connectivity index (χ1n) is 10.4. The molecule has 1 aliphatic rings. The van der Waals surface area contributed by atoms with Gasteiger partial charge in [-0.15, -0.1) is 0 Å². The van der Waals surface area contributed by atoms with Crippen molar-refractivity contribution < 1.29 is 4.79 Å². The lowest BCUT2D eigenvalue weighted by atomic mass is 9.84. The zero-order chi connectivity index (χ0) is 21.5. The van der Waals surface area contributed by atoms with Crippen molar-refractivity contribution in [3.05, 3.63) is 88.7 Å². The SMILES string of the molecule is Cc1cccc([C@@H]2CC(=O)Nc3c2c(-c2ccccc2)nn3-c2nc(C)cc(C)n2)c1. The van der Waals surface area contributed by atoms with E-state index >= 15 is 0 Å². The number of amides is 1. The largest absolute Gasteiger partial charge is 0.310 e. The van der Waals surface area contributed by atoms with Gasteiger partial charge in [-0.25, -0.2) is 9.97 Å². The highest BCUT2D eigenvalue weighted by Gasteiger charge is 2.35. The number of hydrogen-bond acceptors (Lipinski definition) is 4. The summed E-state index contributed by atoms with van der Waals surface area (Å²) in [7, 11) is 0. The molecular weight excluding hydrogens is 386 g/mol. The molecule has 31 heavy (non-hydrogen) atoms. The lowest BCUT2D eigenvalue weighted by Gasteiger charge is -2.25. The number of benzene rings is 2. The molecule has 0 aliphatic carbocycles. The van der Waals surface area contributed by atoms with Gasteiger partial charge in [-0.1, -0.05) is 60.2 Å². The van der Waals surface area contributed by atoms with Gasteiger partial charge < -0.3 is 5.32 Å². The average Bonchev–Trinajstić information content (AvgIpc) is 3.12. The lowest BCUT2D eigenvalue weighted by molar-refractivity contribution is -0.116. The van der Waals surface area contributed by atoms with E-state index in [1.54, 1.807) is 4.68 Å². The van der Waals surface area contributed by atoms with E-state index in [9.17, 15) is 4.79 Å². The van der Waals surface area contributed by atoms with Crippen LogP contribution in [-0.2, 0) is 4.79 Å². The molecule has 154 valence electrons. The molecule has 2 aromatic heterocycles. The topological polar surface area (TPSA) is 72.7 Å². The minimum Gasteiger partial charge on any atom is -0.310 e. The summed E-state index contributed by atoms with van der Waals surface area (Å²) in [5, 5.41) is 7.98. The highest BCUT2D eigenvalue weighted by molar-refractivity contribution is 5.96. The molecule has 0 bridgehead atoms. The number of aromatic nitrogens is 4. The van der Waals surface area contributed by atoms with Crippen LogP contribution in [-0.4, -0.2) is 25.7 Å². The maximum absolute atomic E-state index is 12.8. The molecular formula is C25H23N5O. The van der Waals surface area contributed by atoms with E-state index in [0.29, 0.717) is 18.2 Å². The molecule has 3 heterocycles. The normalized spacial score (nSPS) is 15.5. The Labute approximate surface area is 181 Å². The summed E-state index contributed by atoms with van der Waals surface area (Å²) in [4.78, 5) is 22.0. The van der Waals surface area contributed by atoms with E-state index in [2.05, 4.69) is 40.4 Å². The molecule has 0 fully saturated rings. The Balaban J connectivity index is 1.79. The van der Waals surface area contributed by atoms with E-state index < -0.39 is 0 Å². The van der Waals surface area contributed by atoms with Gasteiger partial charge in [0, 0.05) is 34.9 Å². The number of carbonyl (C=O) groups is 1. The second-order valence-electron chi connectivity index (χ2n) is 8.06. The Hall–Kier alpha value is -3.80. The van der Waals surface area contributed by atoms with Crippen LogP contribution < -0.4 is 5.32 Å². The number of aryl methyl sites for hydroxylation is 3. The van der Waals surface area contributed by atoms with E-state index in [-0.39, 0.29) is 11.8 Å². The van der Waals surface area contributed by atoms with Gasteiger partial charge in [0.25, 0.3) is 5.95 Å². The molecule has 0 unspecified atom stereocenters. The molecule has 6 nitrogen and oxygen atoms in total. The molecule has 1 atom stereocenters. The molecule has 5 rings (SSSR count). The van der Waals surface area contributed by atoms with Gasteiger partial charge in [-0.05, 0) is 32.4 Å². The number of rotatable bonds is 3. The maximum atomic E-state index is 12.8. The van der Waals surface area contributed by atoms with Crippen molar-refractivity contribution in [3.63, 3.8) is 0 Å². The highest BCUT2D eigenvalue weighted by Crippen LogP contribution is 2.43. The third kappa shape index (κ3) is 3.50. The van der Waals surface area contributed by atoms with Crippen molar-refractivity contribution in [1.82, 2.24) is 19.7 Å². The van der Waals surface area contributed by atoms with Gasteiger partial charge in [0.05, 0.1) is 5.69 Å². The first-order chi connectivity index (χ1) is 15.0. The van der Waals surface area contributed by atoms with Crippen molar-refractivity contribution in [1.29, 1.82) is 0 Å². The Bertz CT molecular complexity index is 1270. The third-order valence-corrected chi connectivity index (χ3v) is 5.57. The summed E-state index contributed by atoms with van der Waals surface area (Å²) in [6.07, 6.45) is 0.371. The minimum atomic E-state index is -0.0986. The number of hydrogen-bond donors (Lipinski definition) is 1. The zero-order valence-corrected chi connectivity index (χ0v) is 17.8. The van der Waals surface area contributed by atoms with Crippen molar-refractivity contribution in [2.24, 2.45) is 0 Å². The highest BCUT2D eigenvalue weighted by atomic mass is 16.1. The summed E-state index contributed by atoms with van der Waals surface area (Å²) in [5.74, 6) is 0.968. The Kier molecular flexibility index (Phi) is 4.62. The smallest absolute Gasteiger partial charge is 0.252 e. The molecule has 0 saturated heterocycles. The summed E-state index contributed by atoms with van der Waals surface area (Å²) in [5.41, 5.74) is 6.81. The number of carbonyl (C=O) groups excluding carboxylic acids is 1. The molecule has 1 N–H and O–H groups in total. The van der Waals surface area contributed by atoms with Crippen LogP contribution in [0.25, 0.3) is 17.2 Å². The van der Waals surface area contributed by atoms with E-state index in [1.165, 1.54) is 0 Å². The number of fused-ring (bicyclic) bond motifs is 1. The zero-order valence-electron chi connectivity index (χ0n) is 17.8. The van der Waals surface area contributed by atoms with Gasteiger partial charge >= 0.3 is 0 Å². The summed E-state index contributed by atoms with van der Waals surface area (Å²) < 4.78 is 1.68. The monoisotopic (exact) mass is 409 g/mol. The Morgan fingerprint density at radius 1 is 0.935 bits per heavy atom.